The van der Waals surface area contributed by atoms with Crippen molar-refractivity contribution < 1.29 is 13.5 Å². The number of aromatic hydroxyl groups is 1. The Hall–Kier alpha value is -1.50. The van der Waals surface area contributed by atoms with Crippen LogP contribution in [-0.4, -0.2) is 25.6 Å². The number of aromatic nitrogens is 1. The summed E-state index contributed by atoms with van der Waals surface area (Å²) in [6.07, 6.45) is 1.14. The summed E-state index contributed by atoms with van der Waals surface area (Å²) < 4.78 is 25.9. The molecule has 20 heavy (non-hydrogen) atoms. The van der Waals surface area contributed by atoms with Crippen molar-refractivity contribution in [3.05, 3.63) is 46.7 Å². The van der Waals surface area contributed by atoms with Gasteiger partial charge in [-0.3, -0.25) is 4.31 Å². The molecule has 0 bridgehead atoms. The number of hydrogen-bond acceptors (Lipinski definition) is 4. The highest BCUT2D eigenvalue weighted by atomic mass is 35.5. The van der Waals surface area contributed by atoms with Crippen molar-refractivity contribution in [1.82, 2.24) is 4.98 Å². The Bertz CT molecular complexity index is 733. The largest absolute Gasteiger partial charge is 0.508 e. The van der Waals surface area contributed by atoms with Crippen molar-refractivity contribution in [3.63, 3.8) is 0 Å². The maximum absolute atomic E-state index is 12.4. The molecule has 0 saturated heterocycles. The number of pyridine rings is 1. The molecule has 0 amide bonds. The molecule has 0 aliphatic rings. The minimum absolute atomic E-state index is 0.0397. The van der Waals surface area contributed by atoms with E-state index >= 15 is 0 Å². The van der Waals surface area contributed by atoms with Crippen LogP contribution in [0.25, 0.3) is 0 Å². The summed E-state index contributed by atoms with van der Waals surface area (Å²) in [6, 6.07) is 7.00. The molecule has 0 atom stereocenters. The molecule has 0 fully saturated rings. The summed E-state index contributed by atoms with van der Waals surface area (Å²) in [5.41, 5.74) is 0.397. The second-order valence-electron chi connectivity index (χ2n) is 3.93. The summed E-state index contributed by atoms with van der Waals surface area (Å²) in [4.78, 5) is 3.66. The monoisotopic (exact) mass is 332 g/mol. The van der Waals surface area contributed by atoms with Crippen LogP contribution < -0.4 is 4.31 Å². The molecule has 8 heteroatoms. The van der Waals surface area contributed by atoms with Crippen LogP contribution in [0.2, 0.25) is 10.2 Å². The molecule has 2 aromatic rings. The molecule has 0 spiro atoms. The molecule has 0 aliphatic carbocycles. The third-order valence-electron chi connectivity index (χ3n) is 2.64. The molecule has 1 aromatic heterocycles. The fraction of sp³-hybridized carbons (Fsp3) is 0.0833. The van der Waals surface area contributed by atoms with Gasteiger partial charge in [-0.05, 0) is 30.3 Å². The van der Waals surface area contributed by atoms with Gasteiger partial charge in [0, 0.05) is 13.2 Å². The second kappa shape index (κ2) is 5.47. The van der Waals surface area contributed by atoms with Gasteiger partial charge in [0.05, 0.1) is 10.7 Å². The third-order valence-corrected chi connectivity index (χ3v) is 5.08. The number of hydrogen-bond donors (Lipinski definition) is 1. The van der Waals surface area contributed by atoms with Crippen molar-refractivity contribution in [2.75, 3.05) is 11.4 Å². The first-order chi connectivity index (χ1) is 9.32. The lowest BCUT2D eigenvalue weighted by Gasteiger charge is -2.19. The second-order valence-corrected chi connectivity index (χ2v) is 6.67. The summed E-state index contributed by atoms with van der Waals surface area (Å²) >= 11 is 11.4. The average molecular weight is 333 g/mol. The number of rotatable bonds is 3. The van der Waals surface area contributed by atoms with E-state index in [0.717, 1.165) is 10.5 Å². The number of sulfonamides is 1. The van der Waals surface area contributed by atoms with E-state index in [0.29, 0.717) is 5.69 Å². The Morgan fingerprint density at radius 2 is 1.80 bits per heavy atom. The smallest absolute Gasteiger partial charge is 0.265 e. The molecule has 5 nitrogen and oxygen atoms in total. The minimum Gasteiger partial charge on any atom is -0.508 e. The maximum atomic E-state index is 12.4. The Morgan fingerprint density at radius 1 is 1.20 bits per heavy atom. The molecule has 0 unspecified atom stereocenters. The van der Waals surface area contributed by atoms with E-state index in [2.05, 4.69) is 4.98 Å². The van der Waals surface area contributed by atoms with Gasteiger partial charge in [0.1, 0.15) is 15.8 Å². The first kappa shape index (κ1) is 14.9. The number of nitrogens with zero attached hydrogens (tertiary/aromatic N) is 2. The highest BCUT2D eigenvalue weighted by Crippen LogP contribution is 2.27. The van der Waals surface area contributed by atoms with Gasteiger partial charge >= 0.3 is 0 Å². The van der Waals surface area contributed by atoms with Gasteiger partial charge in [0.15, 0.2) is 0 Å². The van der Waals surface area contributed by atoms with Crippen LogP contribution in [0.1, 0.15) is 0 Å². The van der Waals surface area contributed by atoms with Crippen LogP contribution in [0.4, 0.5) is 5.69 Å². The summed E-state index contributed by atoms with van der Waals surface area (Å²) in [5, 5.41) is 9.32. The topological polar surface area (TPSA) is 70.5 Å². The van der Waals surface area contributed by atoms with Crippen molar-refractivity contribution in [1.29, 1.82) is 0 Å². The van der Waals surface area contributed by atoms with Gasteiger partial charge < -0.3 is 5.11 Å². The summed E-state index contributed by atoms with van der Waals surface area (Å²) in [6.45, 7) is 0. The van der Waals surface area contributed by atoms with Gasteiger partial charge in [-0.2, -0.15) is 0 Å². The lowest BCUT2D eigenvalue weighted by Crippen LogP contribution is -2.26. The predicted octanol–water partition coefficient (Wildman–Crippen LogP) is 2.92. The van der Waals surface area contributed by atoms with E-state index in [1.54, 1.807) is 0 Å². The van der Waals surface area contributed by atoms with Gasteiger partial charge in [-0.1, -0.05) is 23.2 Å². The lowest BCUT2D eigenvalue weighted by atomic mass is 10.3. The highest BCUT2D eigenvalue weighted by molar-refractivity contribution is 7.92. The van der Waals surface area contributed by atoms with Gasteiger partial charge in [-0.25, -0.2) is 13.4 Å². The molecular weight excluding hydrogens is 323 g/mol. The van der Waals surface area contributed by atoms with E-state index in [1.165, 1.54) is 37.4 Å². The van der Waals surface area contributed by atoms with Gasteiger partial charge in [0.25, 0.3) is 10.0 Å². The number of phenolic OH excluding ortho intramolecular Hbond substituents is 1. The van der Waals surface area contributed by atoms with E-state index in [9.17, 15) is 13.5 Å². The van der Waals surface area contributed by atoms with Crippen LogP contribution in [0.5, 0.6) is 5.75 Å². The fourth-order valence-electron chi connectivity index (χ4n) is 1.50. The average Bonchev–Trinajstić information content (AvgIpc) is 2.41. The van der Waals surface area contributed by atoms with Crippen molar-refractivity contribution >= 4 is 38.9 Å². The maximum Gasteiger partial charge on any atom is 0.265 e. The summed E-state index contributed by atoms with van der Waals surface area (Å²) in [5.74, 6) is 0.0516. The van der Waals surface area contributed by atoms with Gasteiger partial charge in [-0.15, -0.1) is 0 Å². The first-order valence-corrected chi connectivity index (χ1v) is 7.61. The quantitative estimate of drug-likeness (QED) is 0.877. The fourth-order valence-corrected chi connectivity index (χ4v) is 3.01. The predicted molar refractivity (Wildman–Crippen MR) is 78.0 cm³/mol. The SMILES string of the molecule is CN(c1ccc(O)cc1)S(=O)(=O)c1cnc(Cl)c(Cl)c1. The standard InChI is InChI=1S/C12H10Cl2N2O3S/c1-16(8-2-4-9(17)5-3-8)20(18,19)10-6-11(13)12(14)15-7-10/h2-7,17H,1H3. The molecule has 1 aromatic carbocycles. The van der Waals surface area contributed by atoms with E-state index in [-0.39, 0.29) is 20.8 Å². The number of benzene rings is 1. The Balaban J connectivity index is 2.43. The van der Waals surface area contributed by atoms with Crippen LogP contribution in [0.3, 0.4) is 0 Å². The molecule has 0 aliphatic heterocycles. The number of phenols is 1. The van der Waals surface area contributed by atoms with Crippen LogP contribution in [0.15, 0.2) is 41.4 Å². The Labute approximate surface area is 126 Å². The van der Waals surface area contributed by atoms with Crippen molar-refractivity contribution in [2.45, 2.75) is 4.90 Å². The molecule has 1 heterocycles. The Morgan fingerprint density at radius 3 is 2.35 bits per heavy atom. The lowest BCUT2D eigenvalue weighted by molar-refractivity contribution is 0.475. The summed E-state index contributed by atoms with van der Waals surface area (Å²) in [7, 11) is -2.40. The van der Waals surface area contributed by atoms with E-state index in [1.807, 2.05) is 0 Å². The van der Waals surface area contributed by atoms with Gasteiger partial charge in [0.2, 0.25) is 0 Å². The zero-order valence-electron chi connectivity index (χ0n) is 10.3. The molecule has 0 radical (unpaired) electrons. The zero-order valence-corrected chi connectivity index (χ0v) is 12.6. The van der Waals surface area contributed by atoms with E-state index in [4.69, 9.17) is 23.2 Å². The highest BCUT2D eigenvalue weighted by Gasteiger charge is 2.22. The van der Waals surface area contributed by atoms with Crippen LogP contribution in [-0.2, 0) is 10.0 Å². The zero-order chi connectivity index (χ0) is 14.9. The third kappa shape index (κ3) is 2.82. The van der Waals surface area contributed by atoms with Crippen molar-refractivity contribution in [2.24, 2.45) is 0 Å². The number of halogens is 2. The molecule has 0 saturated carbocycles. The minimum atomic E-state index is -3.80. The molecule has 106 valence electrons. The molecular formula is C12H10Cl2N2O3S. The molecule has 2 rings (SSSR count). The van der Waals surface area contributed by atoms with Crippen LogP contribution >= 0.6 is 23.2 Å². The van der Waals surface area contributed by atoms with Crippen LogP contribution in [0, 0.1) is 0 Å². The molecule has 1 N–H and O–H groups in total. The van der Waals surface area contributed by atoms with E-state index < -0.39 is 10.0 Å². The number of anilines is 1. The first-order valence-electron chi connectivity index (χ1n) is 5.41. The normalized spacial score (nSPS) is 11.3. The Kier molecular flexibility index (Phi) is 4.08. The van der Waals surface area contributed by atoms with Crippen molar-refractivity contribution in [3.8, 4) is 5.75 Å².